The molecule has 0 bridgehead atoms. The van der Waals surface area contributed by atoms with Gasteiger partial charge in [-0.3, -0.25) is 14.5 Å². The number of hydrogen-bond acceptors (Lipinski definition) is 6. The Hall–Kier alpha value is -3.04. The van der Waals surface area contributed by atoms with Crippen LogP contribution in [-0.4, -0.2) is 50.3 Å². The van der Waals surface area contributed by atoms with Crippen LogP contribution in [0, 0.1) is 0 Å². The highest BCUT2D eigenvalue weighted by molar-refractivity contribution is 7.89. The van der Waals surface area contributed by atoms with Gasteiger partial charge in [0.2, 0.25) is 10.0 Å². The van der Waals surface area contributed by atoms with Crippen LogP contribution in [0.5, 0.6) is 0 Å². The van der Waals surface area contributed by atoms with E-state index in [4.69, 9.17) is 4.74 Å². The van der Waals surface area contributed by atoms with E-state index in [1.807, 2.05) is 6.92 Å². The standard InChI is InChI=1S/C22H24N2O6S/c1-3-15(2)23-31(28,29)17-11-9-16(10-12-17)22(27)30-14-6-13-24-20(25)18-7-4-5-8-19(18)21(24)26/h4-5,7-12,15,23H,3,6,13-14H2,1-2H3. The van der Waals surface area contributed by atoms with E-state index in [1.165, 1.54) is 24.3 Å². The predicted molar refractivity (Wildman–Crippen MR) is 113 cm³/mol. The Morgan fingerprint density at radius 1 is 1.03 bits per heavy atom. The van der Waals surface area contributed by atoms with Crippen LogP contribution in [0.3, 0.4) is 0 Å². The number of nitrogens with one attached hydrogen (secondary N) is 1. The van der Waals surface area contributed by atoms with Crippen molar-refractivity contribution in [2.75, 3.05) is 13.2 Å². The summed E-state index contributed by atoms with van der Waals surface area (Å²) in [5.74, 6) is -1.31. The first kappa shape index (κ1) is 22.6. The summed E-state index contributed by atoms with van der Waals surface area (Å²) in [6.07, 6.45) is 0.951. The molecule has 1 N–H and O–H groups in total. The molecular weight excluding hydrogens is 420 g/mol. The summed E-state index contributed by atoms with van der Waals surface area (Å²) in [5.41, 5.74) is 0.966. The highest BCUT2D eigenvalue weighted by Crippen LogP contribution is 2.22. The van der Waals surface area contributed by atoms with E-state index in [1.54, 1.807) is 31.2 Å². The molecule has 0 aromatic heterocycles. The number of imide groups is 1. The molecule has 0 fully saturated rings. The molecule has 0 radical (unpaired) electrons. The minimum Gasteiger partial charge on any atom is -0.462 e. The third-order valence-corrected chi connectivity index (χ3v) is 6.61. The number of ether oxygens (including phenoxy) is 1. The smallest absolute Gasteiger partial charge is 0.338 e. The Balaban J connectivity index is 1.51. The molecule has 0 saturated heterocycles. The van der Waals surface area contributed by atoms with Crippen molar-refractivity contribution in [3.63, 3.8) is 0 Å². The van der Waals surface area contributed by atoms with Crippen molar-refractivity contribution in [1.29, 1.82) is 0 Å². The van der Waals surface area contributed by atoms with Gasteiger partial charge in [0.25, 0.3) is 11.8 Å². The average Bonchev–Trinajstić information content (AvgIpc) is 3.01. The number of sulfonamides is 1. The van der Waals surface area contributed by atoms with E-state index in [0.717, 1.165) is 4.90 Å². The Morgan fingerprint density at radius 2 is 1.61 bits per heavy atom. The molecule has 1 unspecified atom stereocenters. The molecule has 1 atom stereocenters. The summed E-state index contributed by atoms with van der Waals surface area (Å²) in [7, 11) is -3.65. The number of benzene rings is 2. The van der Waals surface area contributed by atoms with E-state index in [2.05, 4.69) is 4.72 Å². The van der Waals surface area contributed by atoms with Gasteiger partial charge in [-0.05, 0) is 56.2 Å². The first-order valence-corrected chi connectivity index (χ1v) is 11.5. The largest absolute Gasteiger partial charge is 0.462 e. The molecule has 9 heteroatoms. The first-order valence-electron chi connectivity index (χ1n) is 9.99. The van der Waals surface area contributed by atoms with Gasteiger partial charge in [0, 0.05) is 12.6 Å². The summed E-state index contributed by atoms with van der Waals surface area (Å²) < 4.78 is 32.3. The lowest BCUT2D eigenvalue weighted by molar-refractivity contribution is 0.0482. The van der Waals surface area contributed by atoms with Crippen LogP contribution in [-0.2, 0) is 14.8 Å². The third-order valence-electron chi connectivity index (χ3n) is 5.01. The van der Waals surface area contributed by atoms with E-state index in [9.17, 15) is 22.8 Å². The van der Waals surface area contributed by atoms with Gasteiger partial charge in [-0.25, -0.2) is 17.9 Å². The molecule has 0 aliphatic carbocycles. The fraction of sp³-hybridized carbons (Fsp3) is 0.318. The summed E-state index contributed by atoms with van der Waals surface area (Å²) >= 11 is 0. The number of rotatable bonds is 9. The molecule has 0 spiro atoms. The van der Waals surface area contributed by atoms with Gasteiger partial charge >= 0.3 is 5.97 Å². The van der Waals surface area contributed by atoms with Crippen LogP contribution in [0.2, 0.25) is 0 Å². The second-order valence-electron chi connectivity index (χ2n) is 7.25. The van der Waals surface area contributed by atoms with Crippen molar-refractivity contribution >= 4 is 27.8 Å². The fourth-order valence-electron chi connectivity index (χ4n) is 3.10. The Morgan fingerprint density at radius 3 is 2.16 bits per heavy atom. The van der Waals surface area contributed by atoms with Gasteiger partial charge in [0.15, 0.2) is 0 Å². The fourth-order valence-corrected chi connectivity index (χ4v) is 4.43. The number of amides is 2. The predicted octanol–water partition coefficient (Wildman–Crippen LogP) is 2.61. The normalized spacial score (nSPS) is 14.5. The van der Waals surface area contributed by atoms with Crippen LogP contribution >= 0.6 is 0 Å². The molecule has 164 valence electrons. The van der Waals surface area contributed by atoms with Crippen molar-refractivity contribution in [2.24, 2.45) is 0 Å². The molecule has 2 amide bonds. The van der Waals surface area contributed by atoms with Crippen LogP contribution in [0.15, 0.2) is 53.4 Å². The number of esters is 1. The van der Waals surface area contributed by atoms with E-state index < -0.39 is 16.0 Å². The second-order valence-corrected chi connectivity index (χ2v) is 8.97. The Labute approximate surface area is 181 Å². The molecule has 31 heavy (non-hydrogen) atoms. The minimum absolute atomic E-state index is 0.0157. The molecule has 1 aliphatic rings. The van der Waals surface area contributed by atoms with E-state index >= 15 is 0 Å². The molecule has 1 aliphatic heterocycles. The maximum Gasteiger partial charge on any atom is 0.338 e. The molecular formula is C22H24N2O6S. The van der Waals surface area contributed by atoms with Crippen LogP contribution in [0.25, 0.3) is 0 Å². The van der Waals surface area contributed by atoms with Crippen molar-refractivity contribution < 1.29 is 27.5 Å². The van der Waals surface area contributed by atoms with Crippen molar-refractivity contribution in [3.8, 4) is 0 Å². The van der Waals surface area contributed by atoms with Gasteiger partial charge < -0.3 is 4.74 Å². The lowest BCUT2D eigenvalue weighted by Gasteiger charge is -2.14. The molecule has 3 rings (SSSR count). The van der Waals surface area contributed by atoms with Crippen molar-refractivity contribution in [1.82, 2.24) is 9.62 Å². The number of fused-ring (bicyclic) bond motifs is 1. The average molecular weight is 445 g/mol. The number of hydrogen-bond donors (Lipinski definition) is 1. The molecule has 2 aromatic carbocycles. The van der Waals surface area contributed by atoms with Crippen LogP contribution in [0.1, 0.15) is 57.8 Å². The number of carbonyl (C=O) groups excluding carboxylic acids is 3. The van der Waals surface area contributed by atoms with Gasteiger partial charge in [-0.1, -0.05) is 19.1 Å². The first-order chi connectivity index (χ1) is 14.7. The maximum absolute atomic E-state index is 12.3. The SMILES string of the molecule is CCC(C)NS(=O)(=O)c1ccc(C(=O)OCCCN2C(=O)c3ccccc3C2=O)cc1. The summed E-state index contributed by atoms with van der Waals surface area (Å²) in [5, 5.41) is 0. The Kier molecular flexibility index (Phi) is 6.87. The zero-order chi connectivity index (χ0) is 22.6. The van der Waals surface area contributed by atoms with E-state index in [-0.39, 0.29) is 41.5 Å². The number of nitrogens with zero attached hydrogens (tertiary/aromatic N) is 1. The summed E-state index contributed by atoms with van der Waals surface area (Å²) in [6, 6.07) is 11.9. The lowest BCUT2D eigenvalue weighted by Crippen LogP contribution is -2.32. The van der Waals surface area contributed by atoms with Crippen molar-refractivity contribution in [3.05, 3.63) is 65.2 Å². The quantitative estimate of drug-likeness (QED) is 0.362. The summed E-state index contributed by atoms with van der Waals surface area (Å²) in [4.78, 5) is 38.0. The molecule has 8 nitrogen and oxygen atoms in total. The van der Waals surface area contributed by atoms with Gasteiger partial charge in [-0.15, -0.1) is 0 Å². The van der Waals surface area contributed by atoms with Crippen molar-refractivity contribution in [2.45, 2.75) is 37.6 Å². The van der Waals surface area contributed by atoms with Crippen LogP contribution < -0.4 is 4.72 Å². The molecule has 1 heterocycles. The topological polar surface area (TPSA) is 110 Å². The van der Waals surface area contributed by atoms with Gasteiger partial charge in [0.1, 0.15) is 0 Å². The third kappa shape index (κ3) is 5.00. The zero-order valence-corrected chi connectivity index (χ0v) is 18.1. The van der Waals surface area contributed by atoms with E-state index in [0.29, 0.717) is 24.0 Å². The lowest BCUT2D eigenvalue weighted by atomic mass is 10.1. The maximum atomic E-state index is 12.3. The zero-order valence-electron chi connectivity index (χ0n) is 17.3. The highest BCUT2D eigenvalue weighted by Gasteiger charge is 2.34. The second kappa shape index (κ2) is 9.40. The van der Waals surface area contributed by atoms with Crippen LogP contribution in [0.4, 0.5) is 0 Å². The summed E-state index contributed by atoms with van der Waals surface area (Å²) in [6.45, 7) is 3.80. The van der Waals surface area contributed by atoms with Gasteiger partial charge in [-0.2, -0.15) is 0 Å². The monoisotopic (exact) mass is 444 g/mol. The number of carbonyl (C=O) groups is 3. The molecule has 0 saturated carbocycles. The Bertz CT molecular complexity index is 1060. The molecule has 2 aromatic rings. The minimum atomic E-state index is -3.65. The highest BCUT2D eigenvalue weighted by atomic mass is 32.2. The van der Waals surface area contributed by atoms with Gasteiger partial charge in [0.05, 0.1) is 28.2 Å².